The molecule has 0 saturated carbocycles. The maximum Gasteiger partial charge on any atom is 0.387 e. The van der Waals surface area contributed by atoms with Crippen LogP contribution in [0.25, 0.3) is 0 Å². The molecule has 3 aromatic rings. The first-order valence-electron chi connectivity index (χ1n) is 8.72. The third-order valence-corrected chi connectivity index (χ3v) is 4.48. The Bertz CT molecular complexity index is 1030. The van der Waals surface area contributed by atoms with E-state index in [4.69, 9.17) is 23.8 Å². The first-order chi connectivity index (χ1) is 13.8. The van der Waals surface area contributed by atoms with Crippen molar-refractivity contribution in [2.45, 2.75) is 27.0 Å². The molecule has 0 aliphatic heterocycles. The van der Waals surface area contributed by atoms with Crippen molar-refractivity contribution in [1.29, 1.82) is 0 Å². The van der Waals surface area contributed by atoms with Gasteiger partial charge >= 0.3 is 6.61 Å². The lowest BCUT2D eigenvalue weighted by Gasteiger charge is -2.14. The van der Waals surface area contributed by atoms with Crippen LogP contribution >= 0.6 is 23.8 Å². The molecule has 0 atom stereocenters. The Morgan fingerprint density at radius 2 is 1.97 bits per heavy atom. The summed E-state index contributed by atoms with van der Waals surface area (Å²) in [4.78, 5) is 0. The molecule has 1 heterocycles. The van der Waals surface area contributed by atoms with E-state index in [9.17, 15) is 8.78 Å². The number of ether oxygens (including phenoxy) is 1. The Labute approximate surface area is 177 Å². The number of thiocarbonyl (C=S) groups is 1. The minimum atomic E-state index is -2.93. The maximum atomic E-state index is 12.6. The van der Waals surface area contributed by atoms with E-state index >= 15 is 0 Å². The second-order valence-electron chi connectivity index (χ2n) is 6.42. The molecular formula is C20H19ClF2N4OS. The van der Waals surface area contributed by atoms with Crippen molar-refractivity contribution < 1.29 is 13.5 Å². The lowest BCUT2D eigenvalue weighted by Crippen LogP contribution is -2.20. The molecule has 0 amide bonds. The van der Waals surface area contributed by atoms with Gasteiger partial charge in [0, 0.05) is 16.8 Å². The van der Waals surface area contributed by atoms with E-state index in [1.54, 1.807) is 12.1 Å². The number of benzene rings is 2. The van der Waals surface area contributed by atoms with E-state index in [1.807, 2.05) is 48.9 Å². The zero-order chi connectivity index (χ0) is 21.0. The molecule has 0 spiro atoms. The number of nitrogens with one attached hydrogen (secondary N) is 2. The third kappa shape index (κ3) is 5.88. The predicted molar refractivity (Wildman–Crippen MR) is 115 cm³/mol. The minimum absolute atomic E-state index is 0.0115. The van der Waals surface area contributed by atoms with Crippen LogP contribution in [0.15, 0.2) is 48.5 Å². The number of hydrogen-bond acceptors (Lipinski definition) is 3. The van der Waals surface area contributed by atoms with Gasteiger partial charge in [0.25, 0.3) is 0 Å². The van der Waals surface area contributed by atoms with Crippen LogP contribution in [0.2, 0.25) is 5.02 Å². The highest BCUT2D eigenvalue weighted by Crippen LogP contribution is 2.27. The van der Waals surface area contributed by atoms with E-state index in [0.717, 1.165) is 16.8 Å². The van der Waals surface area contributed by atoms with Crippen LogP contribution in [0, 0.1) is 13.8 Å². The lowest BCUT2D eigenvalue weighted by atomic mass is 10.2. The fraction of sp³-hybridized carbons (Fsp3) is 0.200. The molecule has 29 heavy (non-hydrogen) atoms. The smallest absolute Gasteiger partial charge is 0.387 e. The van der Waals surface area contributed by atoms with E-state index in [0.29, 0.717) is 23.1 Å². The second-order valence-corrected chi connectivity index (χ2v) is 7.26. The monoisotopic (exact) mass is 436 g/mol. The fourth-order valence-electron chi connectivity index (χ4n) is 2.75. The van der Waals surface area contributed by atoms with Crippen molar-refractivity contribution in [2.75, 3.05) is 10.6 Å². The summed E-state index contributed by atoms with van der Waals surface area (Å²) in [5.74, 6) is 0.545. The number of alkyl halides is 2. The molecule has 0 fully saturated rings. The normalized spacial score (nSPS) is 10.8. The highest BCUT2D eigenvalue weighted by Gasteiger charge is 2.12. The molecular weight excluding hydrogens is 418 g/mol. The zero-order valence-electron chi connectivity index (χ0n) is 15.7. The first kappa shape index (κ1) is 21.0. The topological polar surface area (TPSA) is 51.1 Å². The summed E-state index contributed by atoms with van der Waals surface area (Å²) in [7, 11) is 0. The quantitative estimate of drug-likeness (QED) is 0.492. The highest BCUT2D eigenvalue weighted by atomic mass is 35.5. The van der Waals surface area contributed by atoms with Gasteiger partial charge in [-0.05, 0) is 61.5 Å². The lowest BCUT2D eigenvalue weighted by molar-refractivity contribution is -0.0493. The van der Waals surface area contributed by atoms with Gasteiger partial charge < -0.3 is 15.4 Å². The number of hydrogen-bond donors (Lipinski definition) is 2. The molecule has 5 nitrogen and oxygen atoms in total. The van der Waals surface area contributed by atoms with Crippen LogP contribution < -0.4 is 15.4 Å². The van der Waals surface area contributed by atoms with Gasteiger partial charge in [-0.25, -0.2) is 0 Å². The van der Waals surface area contributed by atoms with Crippen LogP contribution in [-0.4, -0.2) is 21.5 Å². The van der Waals surface area contributed by atoms with Crippen molar-refractivity contribution in [3.63, 3.8) is 0 Å². The number of anilines is 2. The number of aromatic nitrogens is 2. The maximum absolute atomic E-state index is 12.6. The van der Waals surface area contributed by atoms with Gasteiger partial charge in [0.05, 0.1) is 12.2 Å². The first-order valence-corrected chi connectivity index (χ1v) is 9.51. The molecule has 0 radical (unpaired) electrons. The Balaban J connectivity index is 1.69. The van der Waals surface area contributed by atoms with Gasteiger partial charge in [0.2, 0.25) is 0 Å². The van der Waals surface area contributed by atoms with Crippen LogP contribution in [0.1, 0.15) is 16.8 Å². The van der Waals surface area contributed by atoms with Gasteiger partial charge in [0.1, 0.15) is 5.75 Å². The Morgan fingerprint density at radius 1 is 1.17 bits per heavy atom. The molecule has 0 unspecified atom stereocenters. The summed E-state index contributed by atoms with van der Waals surface area (Å²) in [6.07, 6.45) is 0. The van der Waals surface area contributed by atoms with Crippen LogP contribution in [0.4, 0.5) is 20.3 Å². The van der Waals surface area contributed by atoms with Crippen molar-refractivity contribution in [1.82, 2.24) is 9.78 Å². The summed E-state index contributed by atoms with van der Waals surface area (Å²) in [6.45, 7) is 1.39. The number of nitrogens with zero attached hydrogens (tertiary/aromatic N) is 2. The average molecular weight is 437 g/mol. The Hall–Kier alpha value is -2.71. The Morgan fingerprint density at radius 3 is 2.69 bits per heavy atom. The minimum Gasteiger partial charge on any atom is -0.433 e. The van der Waals surface area contributed by atoms with Crippen LogP contribution in [0.3, 0.4) is 0 Å². The predicted octanol–water partition coefficient (Wildman–Crippen LogP) is 5.61. The largest absolute Gasteiger partial charge is 0.433 e. The van der Waals surface area contributed by atoms with Crippen molar-refractivity contribution in [3.8, 4) is 5.75 Å². The van der Waals surface area contributed by atoms with Crippen molar-refractivity contribution in [2.24, 2.45) is 0 Å². The molecule has 2 aromatic carbocycles. The number of aryl methyl sites for hydroxylation is 2. The molecule has 3 rings (SSSR count). The van der Waals surface area contributed by atoms with Crippen molar-refractivity contribution in [3.05, 3.63) is 70.4 Å². The third-order valence-electron chi connectivity index (χ3n) is 4.04. The van der Waals surface area contributed by atoms with Crippen LogP contribution in [0.5, 0.6) is 5.75 Å². The van der Waals surface area contributed by atoms with E-state index in [-0.39, 0.29) is 10.9 Å². The summed E-state index contributed by atoms with van der Waals surface area (Å²) in [6, 6.07) is 14.2. The highest BCUT2D eigenvalue weighted by molar-refractivity contribution is 7.80. The zero-order valence-corrected chi connectivity index (χ0v) is 17.3. The molecule has 2 N–H and O–H groups in total. The molecule has 1 aromatic heterocycles. The van der Waals surface area contributed by atoms with Gasteiger partial charge in [-0.1, -0.05) is 29.8 Å². The average Bonchev–Trinajstić information content (AvgIpc) is 2.96. The second kappa shape index (κ2) is 9.19. The molecule has 0 aliphatic carbocycles. The van der Waals surface area contributed by atoms with Gasteiger partial charge in [-0.3, -0.25) is 4.68 Å². The molecule has 0 saturated heterocycles. The molecule has 152 valence electrons. The van der Waals surface area contributed by atoms with Gasteiger partial charge in [0.15, 0.2) is 10.9 Å². The number of rotatable bonds is 6. The standard InChI is InChI=1S/C20H19ClF2N4OS/c1-12-6-7-17(28-19(22)23)16(8-12)24-20(29)25-18-9-13(2)27(26-18)11-14-4-3-5-15(21)10-14/h3-10,19H,11H2,1-2H3,(H2,24,25,26,29). The summed E-state index contributed by atoms with van der Waals surface area (Å²) in [5, 5.41) is 11.2. The number of halogens is 3. The Kier molecular flexibility index (Phi) is 6.66. The van der Waals surface area contributed by atoms with E-state index < -0.39 is 6.61 Å². The SMILES string of the molecule is Cc1ccc(OC(F)F)c(NC(=S)Nc2cc(C)n(Cc3cccc(Cl)c3)n2)c1. The molecule has 9 heteroatoms. The fourth-order valence-corrected chi connectivity index (χ4v) is 3.18. The summed E-state index contributed by atoms with van der Waals surface area (Å²) in [5.41, 5.74) is 3.16. The molecule has 0 aliphatic rings. The molecule has 0 bridgehead atoms. The van der Waals surface area contributed by atoms with Crippen molar-refractivity contribution >= 4 is 40.4 Å². The van der Waals surface area contributed by atoms with Gasteiger partial charge in [-0.2, -0.15) is 13.9 Å². The summed E-state index contributed by atoms with van der Waals surface area (Å²) < 4.78 is 31.6. The van der Waals surface area contributed by atoms with E-state index in [1.165, 1.54) is 6.07 Å². The van der Waals surface area contributed by atoms with Gasteiger partial charge in [-0.15, -0.1) is 0 Å². The van der Waals surface area contributed by atoms with Crippen LogP contribution in [-0.2, 0) is 6.54 Å². The summed E-state index contributed by atoms with van der Waals surface area (Å²) >= 11 is 11.3. The van der Waals surface area contributed by atoms with E-state index in [2.05, 4.69) is 20.5 Å².